The van der Waals surface area contributed by atoms with E-state index in [0.717, 1.165) is 28.4 Å². The third-order valence-electron chi connectivity index (χ3n) is 5.47. The summed E-state index contributed by atoms with van der Waals surface area (Å²) in [5.41, 5.74) is 0.722. The minimum absolute atomic E-state index is 0.0792. The van der Waals surface area contributed by atoms with Crippen molar-refractivity contribution >= 4 is 39.9 Å². The Hall–Kier alpha value is -4.31. The molecule has 36 heavy (non-hydrogen) atoms. The summed E-state index contributed by atoms with van der Waals surface area (Å²) >= 11 is 0.892. The maximum atomic E-state index is 13.5. The number of thiazole rings is 1. The molecule has 0 spiro atoms. The number of anilines is 1. The van der Waals surface area contributed by atoms with Crippen molar-refractivity contribution in [1.29, 1.82) is 0 Å². The molecule has 184 valence electrons. The van der Waals surface area contributed by atoms with E-state index < -0.39 is 35.3 Å². The van der Waals surface area contributed by atoms with Crippen molar-refractivity contribution in [2.45, 2.75) is 13.0 Å². The minimum Gasteiger partial charge on any atom is -0.507 e. The van der Waals surface area contributed by atoms with Gasteiger partial charge in [0.15, 0.2) is 5.13 Å². The maximum Gasteiger partial charge on any atom is 0.350 e. The van der Waals surface area contributed by atoms with Gasteiger partial charge in [0.1, 0.15) is 28.8 Å². The van der Waals surface area contributed by atoms with E-state index in [1.54, 1.807) is 37.3 Å². The summed E-state index contributed by atoms with van der Waals surface area (Å²) in [5.74, 6) is -3.07. The molecule has 2 heterocycles. The number of ether oxygens (including phenoxy) is 2. The van der Waals surface area contributed by atoms with Crippen molar-refractivity contribution in [3.63, 3.8) is 0 Å². The van der Waals surface area contributed by atoms with Crippen LogP contribution >= 0.6 is 11.3 Å². The van der Waals surface area contributed by atoms with Gasteiger partial charge in [0.25, 0.3) is 5.78 Å². The van der Waals surface area contributed by atoms with Crippen LogP contribution in [0, 0.1) is 12.7 Å². The van der Waals surface area contributed by atoms with Crippen molar-refractivity contribution in [2.24, 2.45) is 0 Å². The molecule has 1 unspecified atom stereocenters. The molecule has 1 fully saturated rings. The fourth-order valence-electron chi connectivity index (χ4n) is 3.81. The van der Waals surface area contributed by atoms with Crippen LogP contribution in [0.15, 0.2) is 66.8 Å². The molecule has 1 atom stereocenters. The molecule has 3 aromatic rings. The molecule has 1 aliphatic rings. The van der Waals surface area contributed by atoms with Crippen molar-refractivity contribution in [3.05, 3.63) is 94.3 Å². The number of amides is 1. The molecule has 8 nitrogen and oxygen atoms in total. The van der Waals surface area contributed by atoms with Gasteiger partial charge >= 0.3 is 11.9 Å². The summed E-state index contributed by atoms with van der Waals surface area (Å²) in [4.78, 5) is 44.4. The van der Waals surface area contributed by atoms with Gasteiger partial charge in [-0.3, -0.25) is 14.5 Å². The van der Waals surface area contributed by atoms with Gasteiger partial charge in [-0.15, -0.1) is 0 Å². The first-order valence-corrected chi connectivity index (χ1v) is 11.5. The van der Waals surface area contributed by atoms with Gasteiger partial charge in [-0.05, 0) is 48.9 Å². The number of methoxy groups -OCH3 is 1. The lowest BCUT2D eigenvalue weighted by atomic mass is 9.95. The normalized spacial score (nSPS) is 16.8. The summed E-state index contributed by atoms with van der Waals surface area (Å²) < 4.78 is 23.9. The molecular weight excluding hydrogens is 487 g/mol. The lowest BCUT2D eigenvalue weighted by Crippen LogP contribution is -2.29. The minimum atomic E-state index is -1.10. The Morgan fingerprint density at radius 2 is 1.97 bits per heavy atom. The SMILES string of the molecule is C=CCOc1cccc(C2/C(=C(\O)c3ccc(F)cc3)C(=O)C(=O)N2c2nc(C)c(C(=O)OC)s2)c1. The summed E-state index contributed by atoms with van der Waals surface area (Å²) in [6, 6.07) is 10.5. The smallest absolute Gasteiger partial charge is 0.350 e. The van der Waals surface area contributed by atoms with Crippen LogP contribution in [0.4, 0.5) is 9.52 Å². The van der Waals surface area contributed by atoms with Gasteiger partial charge < -0.3 is 14.6 Å². The number of ketones is 1. The number of carbonyl (C=O) groups is 3. The Balaban J connectivity index is 1.92. The molecule has 0 radical (unpaired) electrons. The lowest BCUT2D eigenvalue weighted by Gasteiger charge is -2.23. The standard InChI is InChI=1S/C26H21FN2O6S/c1-4-12-35-18-7-5-6-16(13-18)20-19(21(30)15-8-10-17(27)11-9-15)22(31)24(32)29(20)26-28-14(2)23(36-26)25(33)34-3/h4-11,13,20,30H,1,12H2,2-3H3/b21-19+. The van der Waals surface area contributed by atoms with E-state index in [2.05, 4.69) is 11.6 Å². The molecule has 0 saturated carbocycles. The van der Waals surface area contributed by atoms with Crippen LogP contribution in [-0.4, -0.2) is 41.5 Å². The molecule has 0 bridgehead atoms. The molecule has 1 aromatic heterocycles. The summed E-state index contributed by atoms with van der Waals surface area (Å²) in [7, 11) is 1.23. The highest BCUT2D eigenvalue weighted by Gasteiger charge is 2.48. The number of aliphatic hydroxyl groups excluding tert-OH is 1. The third kappa shape index (κ3) is 4.50. The zero-order chi connectivity index (χ0) is 26.0. The first-order chi connectivity index (χ1) is 17.3. The van der Waals surface area contributed by atoms with Crippen LogP contribution < -0.4 is 9.64 Å². The number of rotatable bonds is 7. The summed E-state index contributed by atoms with van der Waals surface area (Å²) in [5, 5.41) is 11.2. The van der Waals surface area contributed by atoms with Gasteiger partial charge in [-0.2, -0.15) is 0 Å². The number of aryl methyl sites for hydroxylation is 1. The van der Waals surface area contributed by atoms with Crippen LogP contribution in [0.1, 0.15) is 32.5 Å². The largest absolute Gasteiger partial charge is 0.507 e. The predicted octanol–water partition coefficient (Wildman–Crippen LogP) is 4.57. The van der Waals surface area contributed by atoms with E-state index in [1.165, 1.54) is 19.2 Å². The van der Waals surface area contributed by atoms with Crippen molar-refractivity contribution < 1.29 is 33.4 Å². The van der Waals surface area contributed by atoms with Gasteiger partial charge in [0, 0.05) is 5.56 Å². The second-order valence-corrected chi connectivity index (χ2v) is 8.73. The van der Waals surface area contributed by atoms with Gasteiger partial charge in [0.05, 0.1) is 24.4 Å². The Bertz CT molecular complexity index is 1400. The molecule has 1 aliphatic heterocycles. The molecule has 1 saturated heterocycles. The number of esters is 1. The average Bonchev–Trinajstić information content (AvgIpc) is 3.39. The second-order valence-electron chi connectivity index (χ2n) is 7.75. The maximum absolute atomic E-state index is 13.5. The molecule has 10 heteroatoms. The topological polar surface area (TPSA) is 106 Å². The fourth-order valence-corrected chi connectivity index (χ4v) is 4.82. The van der Waals surface area contributed by atoms with Crippen LogP contribution in [0.5, 0.6) is 5.75 Å². The zero-order valence-corrected chi connectivity index (χ0v) is 20.2. The van der Waals surface area contributed by atoms with Gasteiger partial charge in [-0.1, -0.05) is 36.1 Å². The number of carbonyl (C=O) groups excluding carboxylic acids is 3. The van der Waals surface area contributed by atoms with Crippen LogP contribution in [-0.2, 0) is 14.3 Å². The highest BCUT2D eigenvalue weighted by molar-refractivity contribution is 7.17. The number of hydrogen-bond donors (Lipinski definition) is 1. The van der Waals surface area contributed by atoms with Crippen LogP contribution in [0.25, 0.3) is 5.76 Å². The Morgan fingerprint density at radius 1 is 1.25 bits per heavy atom. The Labute approximate surface area is 209 Å². The highest BCUT2D eigenvalue weighted by atomic mass is 32.1. The number of halogens is 1. The number of aromatic nitrogens is 1. The number of nitrogens with zero attached hydrogens (tertiary/aromatic N) is 2. The van der Waals surface area contributed by atoms with E-state index in [0.29, 0.717) is 17.0 Å². The quantitative estimate of drug-likeness (QED) is 0.164. The highest BCUT2D eigenvalue weighted by Crippen LogP contribution is 2.44. The van der Waals surface area contributed by atoms with E-state index in [4.69, 9.17) is 9.47 Å². The number of hydrogen-bond acceptors (Lipinski definition) is 8. The van der Waals surface area contributed by atoms with Gasteiger partial charge in [-0.25, -0.2) is 14.2 Å². The van der Waals surface area contributed by atoms with E-state index in [-0.39, 0.29) is 27.8 Å². The Morgan fingerprint density at radius 3 is 2.64 bits per heavy atom. The second kappa shape index (κ2) is 10.1. The molecule has 4 rings (SSSR count). The number of Topliss-reactive ketones (excluding diaryl/α,β-unsaturated/α-hetero) is 1. The molecule has 0 aliphatic carbocycles. The fraction of sp³-hybridized carbons (Fsp3) is 0.154. The van der Waals surface area contributed by atoms with Gasteiger partial charge in [0.2, 0.25) is 0 Å². The first-order valence-electron chi connectivity index (χ1n) is 10.7. The average molecular weight is 509 g/mol. The monoisotopic (exact) mass is 508 g/mol. The van der Waals surface area contributed by atoms with E-state index in [1.807, 2.05) is 0 Å². The molecular formula is C26H21FN2O6S. The van der Waals surface area contributed by atoms with E-state index >= 15 is 0 Å². The van der Waals surface area contributed by atoms with E-state index in [9.17, 15) is 23.9 Å². The van der Waals surface area contributed by atoms with Crippen LogP contribution in [0.2, 0.25) is 0 Å². The first kappa shape index (κ1) is 24.8. The molecule has 2 aromatic carbocycles. The summed E-state index contributed by atoms with van der Waals surface area (Å²) in [6.07, 6.45) is 1.57. The van der Waals surface area contributed by atoms with Crippen molar-refractivity contribution in [3.8, 4) is 5.75 Å². The van der Waals surface area contributed by atoms with Crippen molar-refractivity contribution in [1.82, 2.24) is 4.98 Å². The molecule has 1 N–H and O–H groups in total. The Kier molecular flexibility index (Phi) is 6.98. The summed E-state index contributed by atoms with van der Waals surface area (Å²) in [6.45, 7) is 5.43. The van der Waals surface area contributed by atoms with Crippen LogP contribution in [0.3, 0.4) is 0 Å². The number of aliphatic hydroxyl groups is 1. The van der Waals surface area contributed by atoms with Crippen molar-refractivity contribution in [2.75, 3.05) is 18.6 Å². The third-order valence-corrected chi connectivity index (χ3v) is 6.60. The number of benzene rings is 2. The lowest BCUT2D eigenvalue weighted by molar-refractivity contribution is -0.132. The zero-order valence-electron chi connectivity index (χ0n) is 19.4. The predicted molar refractivity (Wildman–Crippen MR) is 132 cm³/mol. The molecule has 1 amide bonds.